The Morgan fingerprint density at radius 3 is 2.08 bits per heavy atom. The lowest BCUT2D eigenvalue weighted by Gasteiger charge is -2.39. The molecule has 1 aliphatic rings. The van der Waals surface area contributed by atoms with Crippen molar-refractivity contribution >= 4 is 0 Å². The molecule has 1 saturated carbocycles. The van der Waals surface area contributed by atoms with Crippen molar-refractivity contribution in [1.29, 1.82) is 0 Å². The Kier molecular flexibility index (Phi) is 2.87. The van der Waals surface area contributed by atoms with Gasteiger partial charge in [-0.15, -0.1) is 0 Å². The summed E-state index contributed by atoms with van der Waals surface area (Å²) in [7, 11) is 1.12. The lowest BCUT2D eigenvalue weighted by atomic mass is 9.82. The molecule has 1 rings (SSSR count). The van der Waals surface area contributed by atoms with E-state index in [-0.39, 0.29) is 18.9 Å². The van der Waals surface area contributed by atoms with Gasteiger partial charge in [0.05, 0.1) is 0 Å². The van der Waals surface area contributed by atoms with Crippen LogP contribution in [0.2, 0.25) is 0 Å². The third-order valence-corrected chi connectivity index (χ3v) is 2.75. The molecule has 78 valence electrons. The predicted molar refractivity (Wildman–Crippen MR) is 42.2 cm³/mol. The smallest absolute Gasteiger partial charge is 0.369 e. The molecule has 0 amide bonds. The third kappa shape index (κ3) is 1.96. The Bertz CT molecular complexity index is 173. The minimum absolute atomic E-state index is 0.0197. The molecule has 0 atom stereocenters. The number of hydrogen-bond donors (Lipinski definition) is 1. The Balaban J connectivity index is 2.72. The van der Waals surface area contributed by atoms with Crippen molar-refractivity contribution in [1.82, 2.24) is 0 Å². The first-order valence-electron chi connectivity index (χ1n) is 4.29. The quantitative estimate of drug-likeness (QED) is 0.696. The maximum Gasteiger partial charge on any atom is 0.417 e. The van der Waals surface area contributed by atoms with Crippen LogP contribution in [-0.2, 0) is 4.74 Å². The van der Waals surface area contributed by atoms with Gasteiger partial charge in [-0.2, -0.15) is 13.2 Å². The first kappa shape index (κ1) is 10.8. The Morgan fingerprint density at radius 1 is 1.31 bits per heavy atom. The fourth-order valence-corrected chi connectivity index (χ4v) is 1.71. The second-order valence-electron chi connectivity index (χ2n) is 3.53. The lowest BCUT2D eigenvalue weighted by molar-refractivity contribution is -0.280. The molecule has 0 aromatic carbocycles. The van der Waals surface area contributed by atoms with Gasteiger partial charge in [0.2, 0.25) is 0 Å². The van der Waals surface area contributed by atoms with Crippen LogP contribution in [0.1, 0.15) is 25.7 Å². The number of nitrogens with two attached hydrogens (primary N) is 1. The minimum atomic E-state index is -4.28. The molecule has 0 heterocycles. The predicted octanol–water partition coefficient (Wildman–Crippen LogP) is 1.84. The number of ether oxygens (including phenoxy) is 1. The molecule has 5 heteroatoms. The van der Waals surface area contributed by atoms with E-state index in [0.29, 0.717) is 12.8 Å². The average molecular weight is 197 g/mol. The van der Waals surface area contributed by atoms with E-state index < -0.39 is 11.8 Å². The summed E-state index contributed by atoms with van der Waals surface area (Å²) in [5.41, 5.74) is 3.59. The van der Waals surface area contributed by atoms with Gasteiger partial charge in [0, 0.05) is 13.2 Å². The summed E-state index contributed by atoms with van der Waals surface area (Å²) in [5.74, 6) is 0. The third-order valence-electron chi connectivity index (χ3n) is 2.75. The van der Waals surface area contributed by atoms with Crippen LogP contribution in [0.25, 0.3) is 0 Å². The van der Waals surface area contributed by atoms with Crippen LogP contribution < -0.4 is 5.73 Å². The fraction of sp³-hybridized carbons (Fsp3) is 1.00. The largest absolute Gasteiger partial charge is 0.417 e. The number of methoxy groups -OCH3 is 1. The maximum absolute atomic E-state index is 12.6. The highest BCUT2D eigenvalue weighted by Gasteiger charge is 2.56. The van der Waals surface area contributed by atoms with E-state index in [0.717, 1.165) is 7.11 Å². The SMILES string of the molecule is COC1(C(F)(F)F)CCC(N)CC1. The second-order valence-corrected chi connectivity index (χ2v) is 3.53. The zero-order valence-corrected chi connectivity index (χ0v) is 7.53. The first-order chi connectivity index (χ1) is 5.91. The molecule has 1 fully saturated rings. The first-order valence-corrected chi connectivity index (χ1v) is 4.29. The zero-order valence-electron chi connectivity index (χ0n) is 7.53. The van der Waals surface area contributed by atoms with E-state index in [1.165, 1.54) is 0 Å². The number of hydrogen-bond acceptors (Lipinski definition) is 2. The number of alkyl halides is 3. The van der Waals surface area contributed by atoms with Gasteiger partial charge in [-0.05, 0) is 25.7 Å². The molecule has 1 aliphatic carbocycles. The van der Waals surface area contributed by atoms with E-state index in [1.54, 1.807) is 0 Å². The highest BCUT2D eigenvalue weighted by Crippen LogP contribution is 2.43. The van der Waals surface area contributed by atoms with Gasteiger partial charge < -0.3 is 10.5 Å². The maximum atomic E-state index is 12.6. The molecule has 13 heavy (non-hydrogen) atoms. The van der Waals surface area contributed by atoms with Crippen LogP contribution in [0.3, 0.4) is 0 Å². The zero-order chi connectivity index (χ0) is 10.1. The molecule has 0 spiro atoms. The van der Waals surface area contributed by atoms with Crippen LogP contribution in [-0.4, -0.2) is 24.9 Å². The monoisotopic (exact) mass is 197 g/mol. The van der Waals surface area contributed by atoms with E-state index in [4.69, 9.17) is 5.73 Å². The van der Waals surface area contributed by atoms with Crippen molar-refractivity contribution in [2.24, 2.45) is 5.73 Å². The summed E-state index contributed by atoms with van der Waals surface area (Å²) in [4.78, 5) is 0. The van der Waals surface area contributed by atoms with Crippen molar-refractivity contribution < 1.29 is 17.9 Å². The van der Waals surface area contributed by atoms with Crippen LogP contribution in [0.4, 0.5) is 13.2 Å². The van der Waals surface area contributed by atoms with Gasteiger partial charge in [0.1, 0.15) is 0 Å². The molecular weight excluding hydrogens is 183 g/mol. The van der Waals surface area contributed by atoms with E-state index in [2.05, 4.69) is 4.74 Å². The van der Waals surface area contributed by atoms with Gasteiger partial charge in [-0.1, -0.05) is 0 Å². The molecule has 0 unspecified atom stereocenters. The van der Waals surface area contributed by atoms with Crippen LogP contribution in [0, 0.1) is 0 Å². The molecule has 0 aromatic rings. The minimum Gasteiger partial charge on any atom is -0.369 e. The van der Waals surface area contributed by atoms with Crippen molar-refractivity contribution in [2.75, 3.05) is 7.11 Å². The van der Waals surface area contributed by atoms with Crippen molar-refractivity contribution in [3.05, 3.63) is 0 Å². The van der Waals surface area contributed by atoms with Gasteiger partial charge in [-0.25, -0.2) is 0 Å². The Hall–Kier alpha value is -0.290. The number of halogens is 3. The summed E-state index contributed by atoms with van der Waals surface area (Å²) in [6.07, 6.45) is -3.55. The van der Waals surface area contributed by atoms with Gasteiger partial charge in [0.25, 0.3) is 0 Å². The van der Waals surface area contributed by atoms with Gasteiger partial charge in [-0.3, -0.25) is 0 Å². The molecule has 0 radical (unpaired) electrons. The molecular formula is C8H14F3NO. The Labute approximate surface area is 75.2 Å². The molecule has 2 nitrogen and oxygen atoms in total. The summed E-state index contributed by atoms with van der Waals surface area (Å²) < 4.78 is 42.3. The molecule has 0 bridgehead atoms. The van der Waals surface area contributed by atoms with Crippen molar-refractivity contribution in [2.45, 2.75) is 43.5 Å². The van der Waals surface area contributed by atoms with Crippen LogP contribution in [0.5, 0.6) is 0 Å². The molecule has 0 aliphatic heterocycles. The molecule has 2 N–H and O–H groups in total. The standard InChI is InChI=1S/C8H14F3NO/c1-13-7(8(9,10)11)4-2-6(12)3-5-7/h6H,2-5,12H2,1H3. The van der Waals surface area contributed by atoms with Crippen LogP contribution in [0.15, 0.2) is 0 Å². The van der Waals surface area contributed by atoms with Gasteiger partial charge >= 0.3 is 6.18 Å². The lowest BCUT2D eigenvalue weighted by Crippen LogP contribution is -2.51. The molecule has 0 aromatic heterocycles. The van der Waals surface area contributed by atoms with Gasteiger partial charge in [0.15, 0.2) is 5.60 Å². The topological polar surface area (TPSA) is 35.2 Å². The highest BCUT2D eigenvalue weighted by molar-refractivity contribution is 4.94. The van der Waals surface area contributed by atoms with Crippen molar-refractivity contribution in [3.8, 4) is 0 Å². The van der Waals surface area contributed by atoms with Crippen molar-refractivity contribution in [3.63, 3.8) is 0 Å². The number of rotatable bonds is 1. The van der Waals surface area contributed by atoms with Crippen LogP contribution >= 0.6 is 0 Å². The summed E-state index contributed by atoms with van der Waals surface area (Å²) in [5, 5.41) is 0. The Morgan fingerprint density at radius 2 is 1.77 bits per heavy atom. The molecule has 0 saturated heterocycles. The second kappa shape index (κ2) is 3.46. The van der Waals surface area contributed by atoms with E-state index in [1.807, 2.05) is 0 Å². The fourth-order valence-electron chi connectivity index (χ4n) is 1.71. The summed E-state index contributed by atoms with van der Waals surface area (Å²) in [6.45, 7) is 0. The highest BCUT2D eigenvalue weighted by atomic mass is 19.4. The normalized spacial score (nSPS) is 36.2. The summed E-state index contributed by atoms with van der Waals surface area (Å²) in [6, 6.07) is -0.106. The summed E-state index contributed by atoms with van der Waals surface area (Å²) >= 11 is 0. The van der Waals surface area contributed by atoms with E-state index >= 15 is 0 Å². The average Bonchev–Trinajstić information content (AvgIpc) is 2.04. The van der Waals surface area contributed by atoms with E-state index in [9.17, 15) is 13.2 Å².